The van der Waals surface area contributed by atoms with Crippen LogP contribution in [-0.4, -0.2) is 61.8 Å². The molecule has 10 heteroatoms. The lowest BCUT2D eigenvalue weighted by molar-refractivity contribution is -0.140. The molecule has 3 N–H and O–H groups in total. The Morgan fingerprint density at radius 1 is 1.26 bits per heavy atom. The molecular formula is C24H29BrN4O5. The predicted molar refractivity (Wildman–Crippen MR) is 132 cm³/mol. The summed E-state index contributed by atoms with van der Waals surface area (Å²) in [6, 6.07) is 9.34. The van der Waals surface area contributed by atoms with E-state index in [2.05, 4.69) is 38.4 Å². The Hall–Kier alpha value is -2.82. The molecule has 3 amide bonds. The number of hydrogen-bond acceptors (Lipinski definition) is 6. The normalized spacial score (nSPS) is 22.2. The number of fused-ring (bicyclic) bond motifs is 1. The number of halogens is 1. The smallest absolute Gasteiger partial charge is 0.329 e. The number of amides is 3. The summed E-state index contributed by atoms with van der Waals surface area (Å²) in [5, 5.41) is 17.8. The molecule has 0 unspecified atom stereocenters. The highest BCUT2D eigenvalue weighted by Crippen LogP contribution is 2.44. The number of rotatable bonds is 7. The number of anilines is 2. The second kappa shape index (κ2) is 9.81. The van der Waals surface area contributed by atoms with Crippen LogP contribution in [0.15, 0.2) is 40.9 Å². The molecule has 2 heterocycles. The fourth-order valence-electron chi connectivity index (χ4n) is 4.71. The zero-order valence-electron chi connectivity index (χ0n) is 19.4. The highest BCUT2D eigenvalue weighted by atomic mass is 79.9. The van der Waals surface area contributed by atoms with Crippen LogP contribution in [0, 0.1) is 0 Å². The van der Waals surface area contributed by atoms with Crippen LogP contribution in [0.1, 0.15) is 25.3 Å². The van der Waals surface area contributed by atoms with Crippen molar-refractivity contribution < 1.29 is 24.2 Å². The van der Waals surface area contributed by atoms with Gasteiger partial charge in [-0.25, -0.2) is 9.69 Å². The molecule has 4 rings (SSSR count). The van der Waals surface area contributed by atoms with Gasteiger partial charge in [-0.2, -0.15) is 0 Å². The van der Waals surface area contributed by atoms with Gasteiger partial charge in [0.1, 0.15) is 11.5 Å². The summed E-state index contributed by atoms with van der Waals surface area (Å²) in [5.41, 5.74) is -1.50. The highest BCUT2D eigenvalue weighted by Gasteiger charge is 2.53. The van der Waals surface area contributed by atoms with Gasteiger partial charge in [-0.05, 0) is 56.3 Å². The van der Waals surface area contributed by atoms with Crippen LogP contribution >= 0.6 is 15.9 Å². The van der Waals surface area contributed by atoms with E-state index in [1.165, 1.54) is 14.2 Å². The number of hydrogen-bond donors (Lipinski definition) is 3. The first-order chi connectivity index (χ1) is 16.3. The number of ether oxygens (including phenoxy) is 2. The molecule has 0 aliphatic carbocycles. The number of methoxy groups -OCH3 is 2. The number of nitrogens with zero attached hydrogens (tertiary/aromatic N) is 2. The summed E-state index contributed by atoms with van der Waals surface area (Å²) in [5.74, 6) is 0.0877. The number of benzene rings is 2. The Labute approximate surface area is 207 Å². The number of likely N-dealkylation sites (tertiary alicyclic amines) is 1. The molecule has 0 radical (unpaired) electrons. The maximum atomic E-state index is 13.7. The van der Waals surface area contributed by atoms with Crippen molar-refractivity contribution in [2.45, 2.75) is 31.5 Å². The molecular weight excluding hydrogens is 504 g/mol. The SMILES string of the molecule is CCN1CCC[C@H]1CNC(=O)[C@]1(O)c2cc(Br)ccc2NC(=O)N1c1ccc(OC)cc1OC. The number of likely N-dealkylation sites (N-methyl/N-ethyl adjacent to an activating group) is 1. The van der Waals surface area contributed by atoms with Crippen LogP contribution in [0.2, 0.25) is 0 Å². The van der Waals surface area contributed by atoms with Crippen LogP contribution in [0.25, 0.3) is 0 Å². The van der Waals surface area contributed by atoms with Gasteiger partial charge < -0.3 is 25.2 Å². The van der Waals surface area contributed by atoms with Crippen LogP contribution in [0.5, 0.6) is 11.5 Å². The van der Waals surface area contributed by atoms with Crippen molar-refractivity contribution in [3.63, 3.8) is 0 Å². The number of aliphatic hydroxyl groups is 1. The van der Waals surface area contributed by atoms with Crippen LogP contribution in [-0.2, 0) is 10.5 Å². The monoisotopic (exact) mass is 532 g/mol. The second-order valence-corrected chi connectivity index (χ2v) is 9.22. The first-order valence-electron chi connectivity index (χ1n) is 11.2. The van der Waals surface area contributed by atoms with Crippen LogP contribution in [0.3, 0.4) is 0 Å². The minimum absolute atomic E-state index is 0.181. The minimum atomic E-state index is -2.32. The van der Waals surface area contributed by atoms with Crippen molar-refractivity contribution in [3.8, 4) is 11.5 Å². The molecule has 2 aromatic rings. The van der Waals surface area contributed by atoms with E-state index in [0.29, 0.717) is 22.5 Å². The molecule has 0 bridgehead atoms. The van der Waals surface area contributed by atoms with Gasteiger partial charge in [0.15, 0.2) is 0 Å². The van der Waals surface area contributed by atoms with Crippen molar-refractivity contribution in [3.05, 3.63) is 46.4 Å². The molecule has 9 nitrogen and oxygen atoms in total. The van der Waals surface area contributed by atoms with E-state index in [9.17, 15) is 14.7 Å². The zero-order chi connectivity index (χ0) is 24.5. The highest BCUT2D eigenvalue weighted by molar-refractivity contribution is 9.10. The molecule has 2 aliphatic rings. The second-order valence-electron chi connectivity index (χ2n) is 8.30. The third kappa shape index (κ3) is 4.21. The molecule has 0 aromatic heterocycles. The molecule has 2 aromatic carbocycles. The summed E-state index contributed by atoms with van der Waals surface area (Å²) in [7, 11) is 2.96. The van der Waals surface area contributed by atoms with Gasteiger partial charge in [-0.3, -0.25) is 9.69 Å². The summed E-state index contributed by atoms with van der Waals surface area (Å²) < 4.78 is 11.4. The van der Waals surface area contributed by atoms with Gasteiger partial charge in [0.05, 0.1) is 25.6 Å². The Morgan fingerprint density at radius 2 is 2.06 bits per heavy atom. The number of carbonyl (C=O) groups excluding carboxylic acids is 2. The van der Waals surface area contributed by atoms with E-state index < -0.39 is 17.7 Å². The molecule has 182 valence electrons. The number of carbonyl (C=O) groups is 2. The van der Waals surface area contributed by atoms with Crippen molar-refractivity contribution in [2.24, 2.45) is 0 Å². The zero-order valence-corrected chi connectivity index (χ0v) is 21.0. The molecule has 34 heavy (non-hydrogen) atoms. The van der Waals surface area contributed by atoms with E-state index in [1.54, 1.807) is 36.4 Å². The third-order valence-corrected chi connectivity index (χ3v) is 6.97. The van der Waals surface area contributed by atoms with Gasteiger partial charge in [-0.15, -0.1) is 0 Å². The lowest BCUT2D eigenvalue weighted by Gasteiger charge is -2.43. The lowest BCUT2D eigenvalue weighted by atomic mass is 9.94. The fraction of sp³-hybridized carbons (Fsp3) is 0.417. The van der Waals surface area contributed by atoms with E-state index in [0.717, 1.165) is 30.8 Å². The lowest BCUT2D eigenvalue weighted by Crippen LogP contribution is -2.63. The van der Waals surface area contributed by atoms with Crippen LogP contribution < -0.4 is 25.0 Å². The maximum Gasteiger partial charge on any atom is 0.329 e. The topological polar surface area (TPSA) is 103 Å². The van der Waals surface area contributed by atoms with Gasteiger partial charge in [0.2, 0.25) is 0 Å². The average Bonchev–Trinajstić information content (AvgIpc) is 3.30. The standard InChI is InChI=1S/C24H29BrN4O5/c1-4-28-11-5-6-16(28)14-26-22(30)24(32)18-12-15(25)7-9-19(18)27-23(31)29(24)20-10-8-17(33-2)13-21(20)34-3/h7-10,12-13,16,32H,4-6,11,14H2,1-3H3,(H,26,30)(H,27,31)/t16-,24+/m0/s1. The van der Waals surface area contributed by atoms with E-state index in [4.69, 9.17) is 9.47 Å². The minimum Gasteiger partial charge on any atom is -0.497 e. The summed E-state index contributed by atoms with van der Waals surface area (Å²) >= 11 is 3.42. The van der Waals surface area contributed by atoms with Gasteiger partial charge in [-0.1, -0.05) is 22.9 Å². The first-order valence-corrected chi connectivity index (χ1v) is 12.0. The average molecular weight is 533 g/mol. The fourth-order valence-corrected chi connectivity index (χ4v) is 5.07. The number of nitrogens with one attached hydrogen (secondary N) is 2. The molecule has 0 spiro atoms. The molecule has 1 saturated heterocycles. The Bertz CT molecular complexity index is 1100. The summed E-state index contributed by atoms with van der Waals surface area (Å²) in [6.07, 6.45) is 2.02. The van der Waals surface area contributed by atoms with Gasteiger partial charge in [0.25, 0.3) is 11.6 Å². The maximum absolute atomic E-state index is 13.7. The Kier molecular flexibility index (Phi) is 7.01. The largest absolute Gasteiger partial charge is 0.497 e. The summed E-state index contributed by atoms with van der Waals surface area (Å²) in [4.78, 5) is 30.4. The van der Waals surface area contributed by atoms with E-state index in [1.807, 2.05) is 0 Å². The quantitative estimate of drug-likeness (QED) is 0.505. The van der Waals surface area contributed by atoms with E-state index >= 15 is 0 Å². The Morgan fingerprint density at radius 3 is 2.76 bits per heavy atom. The molecule has 0 saturated carbocycles. The van der Waals surface area contributed by atoms with Crippen molar-refractivity contribution >= 4 is 39.2 Å². The van der Waals surface area contributed by atoms with Crippen molar-refractivity contribution in [1.82, 2.24) is 10.2 Å². The molecule has 1 fully saturated rings. The predicted octanol–water partition coefficient (Wildman–Crippen LogP) is 3.26. The van der Waals surface area contributed by atoms with Gasteiger partial charge >= 0.3 is 6.03 Å². The first kappa shape index (κ1) is 24.3. The molecule has 2 aliphatic heterocycles. The molecule has 2 atom stereocenters. The van der Waals surface area contributed by atoms with Gasteiger partial charge in [0, 0.05) is 28.7 Å². The van der Waals surface area contributed by atoms with Crippen LogP contribution in [0.4, 0.5) is 16.2 Å². The van der Waals surface area contributed by atoms with E-state index in [-0.39, 0.29) is 23.0 Å². The van der Waals surface area contributed by atoms with Crippen molar-refractivity contribution in [1.29, 1.82) is 0 Å². The van der Waals surface area contributed by atoms with Crippen molar-refractivity contribution in [2.75, 3.05) is 44.1 Å². The third-order valence-electron chi connectivity index (χ3n) is 6.47. The summed E-state index contributed by atoms with van der Waals surface area (Å²) in [6.45, 7) is 4.32. The number of urea groups is 1. The Balaban J connectivity index is 1.78.